The molecule has 1 amide bonds. The zero-order chi connectivity index (χ0) is 22.2. The Morgan fingerprint density at radius 1 is 1.03 bits per heavy atom. The Morgan fingerprint density at radius 3 is 2.35 bits per heavy atom. The average Bonchev–Trinajstić information content (AvgIpc) is 2.75. The normalized spacial score (nSPS) is 19.5. The van der Waals surface area contributed by atoms with Crippen molar-refractivity contribution in [1.82, 2.24) is 10.6 Å². The molecule has 0 saturated heterocycles. The lowest BCUT2D eigenvalue weighted by Crippen LogP contribution is -2.47. The van der Waals surface area contributed by atoms with Crippen LogP contribution in [0, 0.1) is 6.92 Å². The third-order valence-corrected chi connectivity index (χ3v) is 5.92. The van der Waals surface area contributed by atoms with Crippen LogP contribution >= 0.6 is 23.2 Å². The number of hydrogen-bond donors (Lipinski definition) is 3. The maximum Gasteiger partial charge on any atom is 0.258 e. The second-order valence-electron chi connectivity index (χ2n) is 7.76. The van der Waals surface area contributed by atoms with Crippen molar-refractivity contribution in [3.8, 4) is 11.5 Å². The molecule has 8 heteroatoms. The number of nitrogens with one attached hydrogen (secondary N) is 2. The summed E-state index contributed by atoms with van der Waals surface area (Å²) in [5.41, 5.74) is 0.908. The lowest BCUT2D eigenvalue weighted by molar-refractivity contribution is -0.124. The van der Waals surface area contributed by atoms with E-state index in [2.05, 4.69) is 10.6 Å². The largest absolute Gasteiger partial charge is 0.489 e. The minimum atomic E-state index is -0.761. The summed E-state index contributed by atoms with van der Waals surface area (Å²) in [5, 5.41) is 17.7. The minimum absolute atomic E-state index is 0.0278. The van der Waals surface area contributed by atoms with E-state index >= 15 is 0 Å². The third kappa shape index (κ3) is 7.89. The molecule has 2 aromatic carbocycles. The van der Waals surface area contributed by atoms with Gasteiger partial charge in [0.1, 0.15) is 24.3 Å². The summed E-state index contributed by atoms with van der Waals surface area (Å²) in [5.74, 6) is 1.15. The van der Waals surface area contributed by atoms with Gasteiger partial charge in [0.2, 0.25) is 0 Å². The first-order valence-electron chi connectivity index (χ1n) is 10.4. The van der Waals surface area contributed by atoms with Gasteiger partial charge in [0.25, 0.3) is 5.91 Å². The van der Waals surface area contributed by atoms with Gasteiger partial charge in [0.15, 0.2) is 6.61 Å². The molecule has 6 nitrogen and oxygen atoms in total. The number of aryl methyl sites for hydroxylation is 1. The van der Waals surface area contributed by atoms with Crippen molar-refractivity contribution in [3.63, 3.8) is 0 Å². The van der Waals surface area contributed by atoms with Crippen LogP contribution < -0.4 is 20.1 Å². The van der Waals surface area contributed by atoms with Crippen LogP contribution in [0.25, 0.3) is 0 Å². The first kappa shape index (κ1) is 23.7. The number of benzene rings is 2. The second-order valence-corrected chi connectivity index (χ2v) is 8.61. The molecule has 3 N–H and O–H groups in total. The third-order valence-electron chi connectivity index (χ3n) is 5.24. The molecule has 1 aliphatic carbocycles. The number of rotatable bonds is 9. The van der Waals surface area contributed by atoms with Crippen LogP contribution in [0.1, 0.15) is 31.2 Å². The van der Waals surface area contributed by atoms with Crippen molar-refractivity contribution in [2.45, 2.75) is 50.9 Å². The van der Waals surface area contributed by atoms with E-state index in [1.807, 2.05) is 13.0 Å². The van der Waals surface area contributed by atoms with Crippen LogP contribution in [-0.2, 0) is 4.79 Å². The molecule has 31 heavy (non-hydrogen) atoms. The van der Waals surface area contributed by atoms with Crippen molar-refractivity contribution < 1.29 is 19.4 Å². The molecule has 0 aromatic heterocycles. The summed E-state index contributed by atoms with van der Waals surface area (Å²) in [6.07, 6.45) is 2.64. The number of ether oxygens (including phenoxy) is 2. The molecule has 0 aliphatic heterocycles. The van der Waals surface area contributed by atoms with E-state index in [0.29, 0.717) is 21.5 Å². The Bertz CT molecular complexity index is 855. The van der Waals surface area contributed by atoms with Crippen LogP contribution in [-0.4, -0.2) is 42.5 Å². The number of carbonyl (C=O) groups excluding carboxylic acids is 1. The van der Waals surface area contributed by atoms with Gasteiger partial charge in [-0.1, -0.05) is 23.2 Å². The van der Waals surface area contributed by atoms with Gasteiger partial charge in [-0.05, 0) is 80.6 Å². The summed E-state index contributed by atoms with van der Waals surface area (Å²) in [6.45, 7) is 2.02. The first-order valence-corrected chi connectivity index (χ1v) is 11.2. The Hall–Kier alpha value is -1.99. The van der Waals surface area contributed by atoms with Crippen LogP contribution in [0.2, 0.25) is 10.0 Å². The molecule has 0 spiro atoms. The predicted molar refractivity (Wildman–Crippen MR) is 122 cm³/mol. The highest BCUT2D eigenvalue weighted by Crippen LogP contribution is 2.22. The van der Waals surface area contributed by atoms with E-state index in [4.69, 9.17) is 32.7 Å². The highest BCUT2D eigenvalue weighted by atomic mass is 35.5. The Kier molecular flexibility index (Phi) is 8.84. The van der Waals surface area contributed by atoms with Gasteiger partial charge < -0.3 is 19.9 Å². The highest BCUT2D eigenvalue weighted by molar-refractivity contribution is 6.31. The number of amides is 1. The molecular formula is C23H28Cl2N2O4. The topological polar surface area (TPSA) is 79.8 Å². The van der Waals surface area contributed by atoms with E-state index in [1.54, 1.807) is 36.4 Å². The number of halogens is 2. The van der Waals surface area contributed by atoms with Crippen molar-refractivity contribution in [2.24, 2.45) is 0 Å². The van der Waals surface area contributed by atoms with Gasteiger partial charge >= 0.3 is 0 Å². The molecule has 1 unspecified atom stereocenters. The van der Waals surface area contributed by atoms with Gasteiger partial charge in [0.05, 0.1) is 0 Å². The zero-order valence-corrected chi connectivity index (χ0v) is 19.0. The van der Waals surface area contributed by atoms with Crippen LogP contribution in [0.15, 0.2) is 42.5 Å². The number of aliphatic hydroxyl groups is 1. The second kappa shape index (κ2) is 11.6. The Morgan fingerprint density at radius 2 is 1.68 bits per heavy atom. The fourth-order valence-corrected chi connectivity index (χ4v) is 3.80. The SMILES string of the molecule is Cc1cc(OCC(=O)NC2CCC(NC(O)COc3ccc(Cl)cc3)CC2)ccc1Cl. The summed E-state index contributed by atoms with van der Waals surface area (Å²) >= 11 is 11.8. The fourth-order valence-electron chi connectivity index (χ4n) is 3.56. The molecule has 3 rings (SSSR count). The number of aliphatic hydroxyl groups excluding tert-OH is 1. The zero-order valence-electron chi connectivity index (χ0n) is 17.4. The monoisotopic (exact) mass is 466 g/mol. The molecule has 1 fully saturated rings. The summed E-state index contributed by atoms with van der Waals surface area (Å²) in [7, 11) is 0. The minimum Gasteiger partial charge on any atom is -0.489 e. The molecule has 0 radical (unpaired) electrons. The summed E-state index contributed by atoms with van der Waals surface area (Å²) < 4.78 is 11.1. The van der Waals surface area contributed by atoms with E-state index < -0.39 is 6.23 Å². The summed E-state index contributed by atoms with van der Waals surface area (Å²) in [6, 6.07) is 12.6. The molecule has 0 heterocycles. The average molecular weight is 467 g/mol. The molecule has 1 saturated carbocycles. The van der Waals surface area contributed by atoms with Gasteiger partial charge in [-0.25, -0.2) is 0 Å². The summed E-state index contributed by atoms with van der Waals surface area (Å²) in [4.78, 5) is 12.2. The Balaban J connectivity index is 1.31. The molecule has 1 atom stereocenters. The fraction of sp³-hybridized carbons (Fsp3) is 0.435. The van der Waals surface area contributed by atoms with Gasteiger partial charge in [-0.3, -0.25) is 10.1 Å². The van der Waals surface area contributed by atoms with E-state index in [0.717, 1.165) is 31.2 Å². The van der Waals surface area contributed by atoms with Crippen LogP contribution in [0.5, 0.6) is 11.5 Å². The van der Waals surface area contributed by atoms with Crippen molar-refractivity contribution in [3.05, 3.63) is 58.1 Å². The van der Waals surface area contributed by atoms with Gasteiger partial charge in [0, 0.05) is 22.1 Å². The van der Waals surface area contributed by atoms with E-state index in [-0.39, 0.29) is 31.2 Å². The lowest BCUT2D eigenvalue weighted by Gasteiger charge is -2.31. The highest BCUT2D eigenvalue weighted by Gasteiger charge is 2.24. The standard InChI is InChI=1S/C23H28Cl2N2O4/c1-15-12-20(10-11-21(15)25)31-14-23(29)27-18-6-4-17(5-7-18)26-22(28)13-30-19-8-2-16(24)3-9-19/h2-3,8-12,17-18,22,26,28H,4-7,13-14H2,1H3,(H,27,29). The molecule has 1 aliphatic rings. The molecular weight excluding hydrogens is 439 g/mol. The molecule has 2 aromatic rings. The van der Waals surface area contributed by atoms with Crippen molar-refractivity contribution in [1.29, 1.82) is 0 Å². The van der Waals surface area contributed by atoms with Crippen molar-refractivity contribution >= 4 is 29.1 Å². The molecule has 168 valence electrons. The molecule has 0 bridgehead atoms. The maximum absolute atomic E-state index is 12.2. The van der Waals surface area contributed by atoms with Gasteiger partial charge in [-0.2, -0.15) is 0 Å². The lowest BCUT2D eigenvalue weighted by atomic mass is 9.91. The van der Waals surface area contributed by atoms with Crippen molar-refractivity contribution in [2.75, 3.05) is 13.2 Å². The first-order chi connectivity index (χ1) is 14.9. The smallest absolute Gasteiger partial charge is 0.258 e. The van der Waals surface area contributed by atoms with Crippen LogP contribution in [0.3, 0.4) is 0 Å². The van der Waals surface area contributed by atoms with E-state index in [1.165, 1.54) is 0 Å². The number of hydrogen-bond acceptors (Lipinski definition) is 5. The predicted octanol–water partition coefficient (Wildman–Crippen LogP) is 4.10. The maximum atomic E-state index is 12.2. The quantitative estimate of drug-likeness (QED) is 0.484. The van der Waals surface area contributed by atoms with E-state index in [9.17, 15) is 9.90 Å². The van der Waals surface area contributed by atoms with Crippen LogP contribution in [0.4, 0.5) is 0 Å². The number of carbonyl (C=O) groups is 1. The Labute approximate surface area is 192 Å². The van der Waals surface area contributed by atoms with Gasteiger partial charge in [-0.15, -0.1) is 0 Å².